The number of nitrogens with one attached hydrogen (secondary N) is 1. The Balaban J connectivity index is 1.72. The van der Waals surface area contributed by atoms with Crippen molar-refractivity contribution in [2.75, 3.05) is 6.54 Å². The number of carbonyl (C=O) groups excluding carboxylic acids is 2. The summed E-state index contributed by atoms with van der Waals surface area (Å²) in [6.07, 6.45) is 0.566. The van der Waals surface area contributed by atoms with Gasteiger partial charge in [0.1, 0.15) is 11.9 Å². The van der Waals surface area contributed by atoms with Crippen LogP contribution in [0.5, 0.6) is 0 Å². The van der Waals surface area contributed by atoms with E-state index in [-0.39, 0.29) is 42.4 Å². The molecular formula is C35H37FN2O2. The van der Waals surface area contributed by atoms with E-state index in [1.54, 1.807) is 17.0 Å². The third-order valence-corrected chi connectivity index (χ3v) is 7.00. The summed E-state index contributed by atoms with van der Waals surface area (Å²) in [5.41, 5.74) is 3.80. The Morgan fingerprint density at radius 1 is 0.725 bits per heavy atom. The van der Waals surface area contributed by atoms with Gasteiger partial charge in [0.2, 0.25) is 11.8 Å². The molecule has 0 aromatic heterocycles. The number of halogens is 1. The SMILES string of the molecule is CC(C)CNC(=O)C(Cc1ccccc1)N(Cc1ccc(F)cc1)C(=O)CC(c1ccccc1)c1ccccc1. The standard InChI is InChI=1S/C35H37FN2O2/c1-26(2)24-37-35(40)33(22-27-12-6-3-7-13-27)38(25-28-18-20-31(36)21-19-28)34(39)23-32(29-14-8-4-9-15-29)30-16-10-5-11-17-30/h3-21,26,32-33H,22-25H2,1-2H3,(H,37,40). The molecule has 0 spiro atoms. The van der Waals surface area contributed by atoms with E-state index in [1.807, 2.05) is 105 Å². The highest BCUT2D eigenvalue weighted by Crippen LogP contribution is 2.30. The van der Waals surface area contributed by atoms with E-state index in [2.05, 4.69) is 5.32 Å². The summed E-state index contributed by atoms with van der Waals surface area (Å²) in [6.45, 7) is 4.79. The summed E-state index contributed by atoms with van der Waals surface area (Å²) in [7, 11) is 0. The second-order valence-corrected chi connectivity index (χ2v) is 10.6. The smallest absolute Gasteiger partial charge is 0.243 e. The predicted octanol–water partition coefficient (Wildman–Crippen LogP) is 6.76. The number of carbonyl (C=O) groups is 2. The number of benzene rings is 4. The zero-order valence-corrected chi connectivity index (χ0v) is 23.2. The maximum Gasteiger partial charge on any atom is 0.243 e. The van der Waals surface area contributed by atoms with Gasteiger partial charge < -0.3 is 10.2 Å². The summed E-state index contributed by atoms with van der Waals surface area (Å²) >= 11 is 0. The van der Waals surface area contributed by atoms with Crippen molar-refractivity contribution in [2.24, 2.45) is 5.92 Å². The van der Waals surface area contributed by atoms with Crippen LogP contribution in [0.15, 0.2) is 115 Å². The highest BCUT2D eigenvalue weighted by atomic mass is 19.1. The van der Waals surface area contributed by atoms with Gasteiger partial charge in [0.15, 0.2) is 0 Å². The fourth-order valence-corrected chi connectivity index (χ4v) is 4.85. The monoisotopic (exact) mass is 536 g/mol. The van der Waals surface area contributed by atoms with Crippen LogP contribution in [0.4, 0.5) is 4.39 Å². The van der Waals surface area contributed by atoms with Crippen molar-refractivity contribution >= 4 is 11.8 Å². The lowest BCUT2D eigenvalue weighted by Gasteiger charge is -2.33. The van der Waals surface area contributed by atoms with Gasteiger partial charge in [-0.3, -0.25) is 9.59 Å². The lowest BCUT2D eigenvalue weighted by molar-refractivity contribution is -0.141. The molecule has 0 saturated carbocycles. The fraction of sp³-hybridized carbons (Fsp3) is 0.257. The van der Waals surface area contributed by atoms with Crippen LogP contribution in [-0.2, 0) is 22.6 Å². The molecule has 0 aliphatic carbocycles. The molecular weight excluding hydrogens is 499 g/mol. The molecule has 0 bridgehead atoms. The van der Waals surface area contributed by atoms with E-state index in [1.165, 1.54) is 12.1 Å². The molecule has 1 atom stereocenters. The highest BCUT2D eigenvalue weighted by Gasteiger charge is 2.32. The Morgan fingerprint density at radius 2 is 1.25 bits per heavy atom. The van der Waals surface area contributed by atoms with Crippen molar-refractivity contribution in [1.82, 2.24) is 10.2 Å². The summed E-state index contributed by atoms with van der Waals surface area (Å²) in [6, 6.07) is 35.1. The quantitative estimate of drug-likeness (QED) is 0.218. The van der Waals surface area contributed by atoms with Gasteiger partial charge in [-0.15, -0.1) is 0 Å². The predicted molar refractivity (Wildman–Crippen MR) is 158 cm³/mol. The molecule has 1 unspecified atom stereocenters. The lowest BCUT2D eigenvalue weighted by atomic mass is 9.87. The van der Waals surface area contributed by atoms with Crippen molar-refractivity contribution in [3.05, 3.63) is 143 Å². The van der Waals surface area contributed by atoms with Crippen molar-refractivity contribution in [1.29, 1.82) is 0 Å². The van der Waals surface area contributed by atoms with E-state index in [0.29, 0.717) is 13.0 Å². The maximum absolute atomic E-state index is 14.3. The summed E-state index contributed by atoms with van der Waals surface area (Å²) < 4.78 is 13.7. The van der Waals surface area contributed by atoms with Crippen LogP contribution in [0.3, 0.4) is 0 Å². The summed E-state index contributed by atoms with van der Waals surface area (Å²) in [5.74, 6) is -0.582. The van der Waals surface area contributed by atoms with Crippen LogP contribution < -0.4 is 5.32 Å². The summed E-state index contributed by atoms with van der Waals surface area (Å²) in [5, 5.41) is 3.06. The van der Waals surface area contributed by atoms with Crippen molar-refractivity contribution in [3.63, 3.8) is 0 Å². The second kappa shape index (κ2) is 14.2. The van der Waals surface area contributed by atoms with Gasteiger partial charge in [0, 0.05) is 31.8 Å². The van der Waals surface area contributed by atoms with Crippen LogP contribution in [0.1, 0.15) is 48.4 Å². The van der Waals surface area contributed by atoms with Crippen LogP contribution in [-0.4, -0.2) is 29.3 Å². The van der Waals surface area contributed by atoms with Gasteiger partial charge in [-0.25, -0.2) is 4.39 Å². The second-order valence-electron chi connectivity index (χ2n) is 10.6. The molecule has 0 aliphatic heterocycles. The number of amides is 2. The van der Waals surface area contributed by atoms with E-state index in [9.17, 15) is 14.0 Å². The molecule has 40 heavy (non-hydrogen) atoms. The van der Waals surface area contributed by atoms with E-state index >= 15 is 0 Å². The van der Waals surface area contributed by atoms with Gasteiger partial charge in [-0.1, -0.05) is 117 Å². The first-order chi connectivity index (χ1) is 19.4. The zero-order chi connectivity index (χ0) is 28.3. The van der Waals surface area contributed by atoms with Gasteiger partial charge >= 0.3 is 0 Å². The molecule has 4 aromatic rings. The minimum absolute atomic E-state index is 0.136. The first kappa shape index (κ1) is 28.8. The van der Waals surface area contributed by atoms with Crippen molar-refractivity contribution in [3.8, 4) is 0 Å². The Hall–Kier alpha value is -4.25. The van der Waals surface area contributed by atoms with E-state index in [0.717, 1.165) is 22.3 Å². The van der Waals surface area contributed by atoms with Crippen molar-refractivity contribution < 1.29 is 14.0 Å². The largest absolute Gasteiger partial charge is 0.354 e. The molecule has 4 rings (SSSR count). The Bertz CT molecular complexity index is 1300. The molecule has 0 fully saturated rings. The third-order valence-electron chi connectivity index (χ3n) is 7.00. The molecule has 1 N–H and O–H groups in total. The highest BCUT2D eigenvalue weighted by molar-refractivity contribution is 5.88. The maximum atomic E-state index is 14.3. The van der Waals surface area contributed by atoms with Crippen LogP contribution in [0, 0.1) is 11.7 Å². The molecule has 2 amide bonds. The topological polar surface area (TPSA) is 49.4 Å². The first-order valence-corrected chi connectivity index (χ1v) is 13.9. The Kier molecular flexibility index (Phi) is 10.2. The molecule has 4 aromatic carbocycles. The van der Waals surface area contributed by atoms with E-state index < -0.39 is 6.04 Å². The number of rotatable bonds is 12. The fourth-order valence-electron chi connectivity index (χ4n) is 4.85. The number of hydrogen-bond donors (Lipinski definition) is 1. The van der Waals surface area contributed by atoms with Crippen molar-refractivity contribution in [2.45, 2.75) is 45.2 Å². The lowest BCUT2D eigenvalue weighted by Crippen LogP contribution is -2.51. The molecule has 206 valence electrons. The third kappa shape index (κ3) is 8.12. The molecule has 5 heteroatoms. The first-order valence-electron chi connectivity index (χ1n) is 13.9. The van der Waals surface area contributed by atoms with Crippen LogP contribution >= 0.6 is 0 Å². The average Bonchev–Trinajstić information content (AvgIpc) is 2.98. The molecule has 0 saturated heterocycles. The minimum Gasteiger partial charge on any atom is -0.354 e. The van der Waals surface area contributed by atoms with E-state index in [4.69, 9.17) is 0 Å². The van der Waals surface area contributed by atoms with Gasteiger partial charge in [-0.05, 0) is 40.3 Å². The van der Waals surface area contributed by atoms with Crippen LogP contribution in [0.25, 0.3) is 0 Å². The number of hydrogen-bond acceptors (Lipinski definition) is 2. The molecule has 0 aliphatic rings. The molecule has 0 heterocycles. The normalized spacial score (nSPS) is 11.8. The van der Waals surface area contributed by atoms with Gasteiger partial charge in [0.05, 0.1) is 0 Å². The van der Waals surface area contributed by atoms with Crippen LogP contribution in [0.2, 0.25) is 0 Å². The summed E-state index contributed by atoms with van der Waals surface area (Å²) in [4.78, 5) is 29.7. The Labute approximate surface area is 236 Å². The van der Waals surface area contributed by atoms with Gasteiger partial charge in [-0.2, -0.15) is 0 Å². The molecule has 4 nitrogen and oxygen atoms in total. The molecule has 0 radical (unpaired) electrons. The Morgan fingerprint density at radius 3 is 1.77 bits per heavy atom. The average molecular weight is 537 g/mol. The zero-order valence-electron chi connectivity index (χ0n) is 23.2. The van der Waals surface area contributed by atoms with Gasteiger partial charge in [0.25, 0.3) is 0 Å². The number of nitrogens with zero attached hydrogens (tertiary/aromatic N) is 1. The minimum atomic E-state index is -0.731.